The van der Waals surface area contributed by atoms with Crippen molar-refractivity contribution in [3.8, 4) is 6.07 Å². The SMILES string of the molecule is N#Cc1cc(N)cnc1N1CCCC1CCCO. The minimum Gasteiger partial charge on any atom is -0.397 e. The fourth-order valence-corrected chi connectivity index (χ4v) is 2.53. The first kappa shape index (κ1) is 12.7. The Balaban J connectivity index is 2.22. The van der Waals surface area contributed by atoms with Crippen molar-refractivity contribution in [3.63, 3.8) is 0 Å². The van der Waals surface area contributed by atoms with Crippen molar-refractivity contribution in [2.45, 2.75) is 31.7 Å². The van der Waals surface area contributed by atoms with E-state index in [-0.39, 0.29) is 6.61 Å². The van der Waals surface area contributed by atoms with E-state index in [1.165, 1.54) is 0 Å². The van der Waals surface area contributed by atoms with Gasteiger partial charge in [-0.2, -0.15) is 5.26 Å². The highest BCUT2D eigenvalue weighted by Gasteiger charge is 2.26. The summed E-state index contributed by atoms with van der Waals surface area (Å²) in [5.74, 6) is 0.729. The standard InChI is InChI=1S/C13H18N4O/c14-8-10-7-11(15)9-16-13(10)17-5-1-3-12(17)4-2-6-18/h7,9,12,18H,1-6,15H2. The molecule has 1 aliphatic rings. The lowest BCUT2D eigenvalue weighted by atomic mass is 10.1. The molecule has 1 aromatic rings. The zero-order valence-corrected chi connectivity index (χ0v) is 10.3. The van der Waals surface area contributed by atoms with E-state index in [4.69, 9.17) is 16.1 Å². The largest absolute Gasteiger partial charge is 0.397 e. The van der Waals surface area contributed by atoms with Gasteiger partial charge >= 0.3 is 0 Å². The molecule has 5 nitrogen and oxygen atoms in total. The zero-order valence-electron chi connectivity index (χ0n) is 10.3. The molecule has 0 radical (unpaired) electrons. The molecule has 0 aromatic carbocycles. The highest BCUT2D eigenvalue weighted by molar-refractivity contribution is 5.59. The van der Waals surface area contributed by atoms with Crippen LogP contribution in [0.15, 0.2) is 12.3 Å². The van der Waals surface area contributed by atoms with Gasteiger partial charge in [0.2, 0.25) is 0 Å². The van der Waals surface area contributed by atoms with E-state index >= 15 is 0 Å². The second-order valence-electron chi connectivity index (χ2n) is 4.61. The van der Waals surface area contributed by atoms with Crippen LogP contribution in [0.3, 0.4) is 0 Å². The fourth-order valence-electron chi connectivity index (χ4n) is 2.53. The lowest BCUT2D eigenvalue weighted by molar-refractivity contribution is 0.279. The summed E-state index contributed by atoms with van der Waals surface area (Å²) < 4.78 is 0. The molecule has 18 heavy (non-hydrogen) atoms. The van der Waals surface area contributed by atoms with Gasteiger partial charge in [0.1, 0.15) is 11.9 Å². The van der Waals surface area contributed by atoms with Gasteiger partial charge < -0.3 is 15.7 Å². The van der Waals surface area contributed by atoms with Crippen molar-refractivity contribution in [2.75, 3.05) is 23.8 Å². The molecule has 2 rings (SSSR count). The zero-order chi connectivity index (χ0) is 13.0. The highest BCUT2D eigenvalue weighted by atomic mass is 16.2. The number of aromatic nitrogens is 1. The summed E-state index contributed by atoms with van der Waals surface area (Å²) in [5, 5.41) is 18.1. The van der Waals surface area contributed by atoms with Crippen LogP contribution in [0.4, 0.5) is 11.5 Å². The van der Waals surface area contributed by atoms with Gasteiger partial charge in [-0.1, -0.05) is 0 Å². The highest BCUT2D eigenvalue weighted by Crippen LogP contribution is 2.29. The van der Waals surface area contributed by atoms with E-state index in [1.54, 1.807) is 12.3 Å². The molecule has 0 spiro atoms. The molecular weight excluding hydrogens is 228 g/mol. The van der Waals surface area contributed by atoms with E-state index in [1.807, 2.05) is 0 Å². The number of hydrogen-bond acceptors (Lipinski definition) is 5. The van der Waals surface area contributed by atoms with Crippen LogP contribution in [-0.2, 0) is 0 Å². The quantitative estimate of drug-likeness (QED) is 0.835. The van der Waals surface area contributed by atoms with E-state index in [0.717, 1.165) is 38.0 Å². The molecule has 1 aliphatic heterocycles. The van der Waals surface area contributed by atoms with Crippen molar-refractivity contribution < 1.29 is 5.11 Å². The van der Waals surface area contributed by atoms with E-state index in [0.29, 0.717) is 17.3 Å². The molecule has 0 amide bonds. The molecule has 0 aliphatic carbocycles. The topological polar surface area (TPSA) is 86.2 Å². The molecule has 2 heterocycles. The Morgan fingerprint density at radius 2 is 2.44 bits per heavy atom. The molecule has 5 heteroatoms. The number of rotatable bonds is 4. The first-order valence-electron chi connectivity index (χ1n) is 6.29. The summed E-state index contributed by atoms with van der Waals surface area (Å²) >= 11 is 0. The molecule has 3 N–H and O–H groups in total. The summed E-state index contributed by atoms with van der Waals surface area (Å²) in [6.07, 6.45) is 5.52. The third-order valence-electron chi connectivity index (χ3n) is 3.35. The average molecular weight is 246 g/mol. The lowest BCUT2D eigenvalue weighted by Crippen LogP contribution is -2.30. The Labute approximate surface area is 107 Å². The van der Waals surface area contributed by atoms with Crippen LogP contribution in [0, 0.1) is 11.3 Å². The predicted molar refractivity (Wildman–Crippen MR) is 70.1 cm³/mol. The lowest BCUT2D eigenvalue weighted by Gasteiger charge is -2.26. The first-order chi connectivity index (χ1) is 8.76. The van der Waals surface area contributed by atoms with Crippen LogP contribution < -0.4 is 10.6 Å². The van der Waals surface area contributed by atoms with Crippen molar-refractivity contribution in [3.05, 3.63) is 17.8 Å². The van der Waals surface area contributed by atoms with Gasteiger partial charge in [0.25, 0.3) is 0 Å². The van der Waals surface area contributed by atoms with Crippen LogP contribution >= 0.6 is 0 Å². The van der Waals surface area contributed by atoms with Crippen LogP contribution in [0.5, 0.6) is 0 Å². The van der Waals surface area contributed by atoms with Gasteiger partial charge in [-0.15, -0.1) is 0 Å². The number of hydrogen-bond donors (Lipinski definition) is 2. The van der Waals surface area contributed by atoms with Gasteiger partial charge in [-0.3, -0.25) is 0 Å². The van der Waals surface area contributed by atoms with Gasteiger partial charge in [-0.25, -0.2) is 4.98 Å². The monoisotopic (exact) mass is 246 g/mol. The number of aliphatic hydroxyl groups excluding tert-OH is 1. The molecule has 0 saturated carbocycles. The number of nitrogens with two attached hydrogens (primary N) is 1. The number of nitrogen functional groups attached to an aromatic ring is 1. The summed E-state index contributed by atoms with van der Waals surface area (Å²) in [4.78, 5) is 6.48. The Bertz CT molecular complexity index is 455. The van der Waals surface area contributed by atoms with Crippen LogP contribution in [0.2, 0.25) is 0 Å². The van der Waals surface area contributed by atoms with Crippen molar-refractivity contribution in [1.29, 1.82) is 5.26 Å². The molecule has 1 fully saturated rings. The summed E-state index contributed by atoms with van der Waals surface area (Å²) in [5.41, 5.74) is 6.70. The van der Waals surface area contributed by atoms with Gasteiger partial charge in [0.15, 0.2) is 0 Å². The molecule has 1 saturated heterocycles. The van der Waals surface area contributed by atoms with Gasteiger partial charge in [-0.05, 0) is 31.7 Å². The predicted octanol–water partition coefficient (Wildman–Crippen LogP) is 1.28. The second-order valence-corrected chi connectivity index (χ2v) is 4.61. The molecule has 1 aromatic heterocycles. The van der Waals surface area contributed by atoms with Crippen LogP contribution in [0.1, 0.15) is 31.2 Å². The van der Waals surface area contributed by atoms with E-state index in [9.17, 15) is 0 Å². The van der Waals surface area contributed by atoms with Crippen molar-refractivity contribution >= 4 is 11.5 Å². The molecule has 1 atom stereocenters. The van der Waals surface area contributed by atoms with E-state index < -0.39 is 0 Å². The molecule has 96 valence electrons. The number of nitrogens with zero attached hydrogens (tertiary/aromatic N) is 3. The number of aliphatic hydroxyl groups is 1. The maximum absolute atomic E-state index is 9.15. The van der Waals surface area contributed by atoms with E-state index in [2.05, 4.69) is 16.0 Å². The summed E-state index contributed by atoms with van der Waals surface area (Å²) in [7, 11) is 0. The Hall–Kier alpha value is -1.80. The molecular formula is C13H18N4O. The average Bonchev–Trinajstić information content (AvgIpc) is 2.84. The van der Waals surface area contributed by atoms with Crippen LogP contribution in [-0.4, -0.2) is 29.3 Å². The number of pyridine rings is 1. The second kappa shape index (κ2) is 5.69. The minimum atomic E-state index is 0.213. The number of nitriles is 1. The van der Waals surface area contributed by atoms with Crippen molar-refractivity contribution in [1.82, 2.24) is 4.98 Å². The fraction of sp³-hybridized carbons (Fsp3) is 0.538. The van der Waals surface area contributed by atoms with Gasteiger partial charge in [0, 0.05) is 19.2 Å². The smallest absolute Gasteiger partial charge is 0.146 e. The summed E-state index contributed by atoms with van der Waals surface area (Å²) in [6, 6.07) is 4.20. The normalized spacial score (nSPS) is 18.9. The minimum absolute atomic E-state index is 0.213. The Morgan fingerprint density at radius 1 is 1.61 bits per heavy atom. The number of anilines is 2. The maximum atomic E-state index is 9.15. The Kier molecular flexibility index (Phi) is 4.00. The summed E-state index contributed by atoms with van der Waals surface area (Å²) in [6.45, 7) is 1.13. The maximum Gasteiger partial charge on any atom is 0.146 e. The van der Waals surface area contributed by atoms with Gasteiger partial charge in [0.05, 0.1) is 17.4 Å². The third kappa shape index (κ3) is 2.54. The van der Waals surface area contributed by atoms with Crippen molar-refractivity contribution in [2.24, 2.45) is 0 Å². The van der Waals surface area contributed by atoms with Crippen LogP contribution in [0.25, 0.3) is 0 Å². The third-order valence-corrected chi connectivity index (χ3v) is 3.35. The molecule has 0 bridgehead atoms. The molecule has 1 unspecified atom stereocenters. The first-order valence-corrected chi connectivity index (χ1v) is 6.29. The Morgan fingerprint density at radius 3 is 3.17 bits per heavy atom.